The normalized spacial score (nSPS) is 16.2. The molecule has 0 spiro atoms. The predicted molar refractivity (Wildman–Crippen MR) is 101 cm³/mol. The summed E-state index contributed by atoms with van der Waals surface area (Å²) in [4.78, 5) is 25.4. The van der Waals surface area contributed by atoms with Crippen LogP contribution < -0.4 is 5.32 Å². The average molecular weight is 378 g/mol. The number of alkyl halides is 1. The van der Waals surface area contributed by atoms with Crippen molar-refractivity contribution in [2.45, 2.75) is 31.6 Å². The van der Waals surface area contributed by atoms with E-state index in [0.29, 0.717) is 16.5 Å². The summed E-state index contributed by atoms with van der Waals surface area (Å²) in [5, 5.41) is 3.42. The zero-order valence-electron chi connectivity index (χ0n) is 14.0. The molecule has 6 heteroatoms. The number of carbonyl (C=O) groups excluding carboxylic acids is 2. The Morgan fingerprint density at radius 1 is 1.32 bits per heavy atom. The largest absolute Gasteiger partial charge is 0.465 e. The Balaban J connectivity index is 1.91. The average Bonchev–Trinajstić information content (AvgIpc) is 2.98. The first-order valence-electron chi connectivity index (χ1n) is 8.27. The number of fused-ring (bicyclic) bond motifs is 1. The van der Waals surface area contributed by atoms with E-state index in [9.17, 15) is 9.59 Å². The third-order valence-corrected chi connectivity index (χ3v) is 5.86. The second-order valence-corrected chi connectivity index (χ2v) is 7.52. The standard InChI is InChI=1S/C19H20ClNO3S/c1-24-19(23)17-14-8-7-13(12-5-3-2-4-6-12)11-15(14)25-18(17)21-16(22)9-10-20/h2-6,13H,7-11H2,1H3,(H,21,22)/t13-/m1/s1. The number of amides is 1. The van der Waals surface area contributed by atoms with Crippen molar-refractivity contribution in [3.05, 3.63) is 51.9 Å². The maximum Gasteiger partial charge on any atom is 0.341 e. The van der Waals surface area contributed by atoms with Gasteiger partial charge in [0.15, 0.2) is 0 Å². The van der Waals surface area contributed by atoms with E-state index < -0.39 is 5.97 Å². The lowest BCUT2D eigenvalue weighted by Crippen LogP contribution is -2.16. The van der Waals surface area contributed by atoms with Crippen molar-refractivity contribution in [2.24, 2.45) is 0 Å². The van der Waals surface area contributed by atoms with Crippen LogP contribution >= 0.6 is 22.9 Å². The zero-order chi connectivity index (χ0) is 17.8. The number of benzene rings is 1. The minimum Gasteiger partial charge on any atom is -0.465 e. The number of rotatable bonds is 5. The molecule has 1 N–H and O–H groups in total. The lowest BCUT2D eigenvalue weighted by Gasteiger charge is -2.22. The molecule has 0 fully saturated rings. The smallest absolute Gasteiger partial charge is 0.341 e. The van der Waals surface area contributed by atoms with Crippen LogP contribution in [0.1, 0.15) is 45.1 Å². The van der Waals surface area contributed by atoms with Gasteiger partial charge in [0.05, 0.1) is 12.7 Å². The highest BCUT2D eigenvalue weighted by molar-refractivity contribution is 7.17. The minimum absolute atomic E-state index is 0.182. The Bertz CT molecular complexity index is 772. The van der Waals surface area contributed by atoms with E-state index in [2.05, 4.69) is 29.6 Å². The molecule has 0 bridgehead atoms. The van der Waals surface area contributed by atoms with Crippen molar-refractivity contribution >= 4 is 39.8 Å². The van der Waals surface area contributed by atoms with E-state index in [1.807, 2.05) is 6.07 Å². The molecule has 0 saturated carbocycles. The molecule has 132 valence electrons. The van der Waals surface area contributed by atoms with Crippen LogP contribution in [0, 0.1) is 0 Å². The second-order valence-electron chi connectivity index (χ2n) is 6.04. The number of hydrogen-bond donors (Lipinski definition) is 1. The molecule has 1 aromatic heterocycles. The van der Waals surface area contributed by atoms with Gasteiger partial charge in [-0.25, -0.2) is 4.79 Å². The molecule has 0 aliphatic heterocycles. The summed E-state index contributed by atoms with van der Waals surface area (Å²) in [7, 11) is 1.37. The van der Waals surface area contributed by atoms with Crippen LogP contribution in [0.25, 0.3) is 0 Å². The van der Waals surface area contributed by atoms with Crippen molar-refractivity contribution in [3.8, 4) is 0 Å². The second kappa shape index (κ2) is 8.02. The SMILES string of the molecule is COC(=O)c1c(NC(=O)CCCl)sc2c1CC[C@@H](c1ccccc1)C2. The van der Waals surface area contributed by atoms with Crippen molar-refractivity contribution in [1.82, 2.24) is 0 Å². The Morgan fingerprint density at radius 3 is 2.76 bits per heavy atom. The highest BCUT2D eigenvalue weighted by Gasteiger charge is 2.30. The number of hydrogen-bond acceptors (Lipinski definition) is 4. The molecule has 1 aliphatic rings. The van der Waals surface area contributed by atoms with E-state index in [-0.39, 0.29) is 18.2 Å². The van der Waals surface area contributed by atoms with Gasteiger partial charge in [-0.3, -0.25) is 4.79 Å². The summed E-state index contributed by atoms with van der Waals surface area (Å²) in [5.74, 6) is 0.111. The van der Waals surface area contributed by atoms with Crippen LogP contribution in [0.3, 0.4) is 0 Å². The first-order valence-corrected chi connectivity index (χ1v) is 9.62. The molecule has 1 aliphatic carbocycles. The van der Waals surface area contributed by atoms with Gasteiger partial charge in [0.1, 0.15) is 5.00 Å². The summed E-state index contributed by atoms with van der Waals surface area (Å²) in [6, 6.07) is 10.4. The number of halogens is 1. The molecule has 1 heterocycles. The van der Waals surface area contributed by atoms with E-state index in [1.54, 1.807) is 0 Å². The first-order chi connectivity index (χ1) is 12.1. The molecule has 1 amide bonds. The molecule has 25 heavy (non-hydrogen) atoms. The quantitative estimate of drug-likeness (QED) is 0.621. The first kappa shape index (κ1) is 18.0. The summed E-state index contributed by atoms with van der Waals surface area (Å²) in [5.41, 5.74) is 2.84. The number of esters is 1. The zero-order valence-corrected chi connectivity index (χ0v) is 15.6. The highest BCUT2D eigenvalue weighted by atomic mass is 35.5. The molecule has 1 aromatic carbocycles. The van der Waals surface area contributed by atoms with Gasteiger partial charge >= 0.3 is 5.97 Å². The predicted octanol–water partition coefficient (Wildman–Crippen LogP) is 4.37. The molecular weight excluding hydrogens is 358 g/mol. The van der Waals surface area contributed by atoms with Gasteiger partial charge in [0, 0.05) is 17.2 Å². The van der Waals surface area contributed by atoms with Crippen molar-refractivity contribution in [1.29, 1.82) is 0 Å². The fraction of sp³-hybridized carbons (Fsp3) is 0.368. The molecule has 0 unspecified atom stereocenters. The van der Waals surface area contributed by atoms with Gasteiger partial charge in [-0.15, -0.1) is 22.9 Å². The summed E-state index contributed by atoms with van der Waals surface area (Å²) < 4.78 is 4.94. The molecule has 3 rings (SSSR count). The lowest BCUT2D eigenvalue weighted by molar-refractivity contribution is -0.115. The van der Waals surface area contributed by atoms with Gasteiger partial charge in [0.2, 0.25) is 5.91 Å². The Kier molecular flexibility index (Phi) is 5.76. The van der Waals surface area contributed by atoms with Crippen LogP contribution in [0.5, 0.6) is 0 Å². The van der Waals surface area contributed by atoms with Crippen LogP contribution in [0.15, 0.2) is 30.3 Å². The number of anilines is 1. The highest BCUT2D eigenvalue weighted by Crippen LogP contribution is 2.42. The monoisotopic (exact) mass is 377 g/mol. The van der Waals surface area contributed by atoms with E-state index in [1.165, 1.54) is 24.0 Å². The molecule has 4 nitrogen and oxygen atoms in total. The molecule has 0 saturated heterocycles. The fourth-order valence-electron chi connectivity index (χ4n) is 3.28. The summed E-state index contributed by atoms with van der Waals surface area (Å²) in [6.07, 6.45) is 2.88. The Hall–Kier alpha value is -1.85. The number of ether oxygens (including phenoxy) is 1. The number of carbonyl (C=O) groups is 2. The summed E-state index contributed by atoms with van der Waals surface area (Å²) >= 11 is 7.11. The maximum atomic E-state index is 12.3. The van der Waals surface area contributed by atoms with Crippen LogP contribution in [-0.4, -0.2) is 24.9 Å². The maximum absolute atomic E-state index is 12.3. The molecule has 2 aromatic rings. The molecule has 1 atom stereocenters. The lowest BCUT2D eigenvalue weighted by atomic mass is 9.83. The van der Waals surface area contributed by atoms with E-state index >= 15 is 0 Å². The Labute approximate surface area is 156 Å². The van der Waals surface area contributed by atoms with Gasteiger partial charge in [-0.05, 0) is 36.3 Å². The third kappa shape index (κ3) is 3.88. The van der Waals surface area contributed by atoms with Crippen LogP contribution in [-0.2, 0) is 22.4 Å². The summed E-state index contributed by atoms with van der Waals surface area (Å²) in [6.45, 7) is 0. The molecular formula is C19H20ClNO3S. The van der Waals surface area contributed by atoms with E-state index in [4.69, 9.17) is 16.3 Å². The number of thiophene rings is 1. The third-order valence-electron chi connectivity index (χ3n) is 4.50. The van der Waals surface area contributed by atoms with Crippen molar-refractivity contribution < 1.29 is 14.3 Å². The fourth-order valence-corrected chi connectivity index (χ4v) is 4.78. The van der Waals surface area contributed by atoms with Gasteiger partial charge < -0.3 is 10.1 Å². The van der Waals surface area contributed by atoms with Crippen LogP contribution in [0.4, 0.5) is 5.00 Å². The topological polar surface area (TPSA) is 55.4 Å². The number of nitrogens with one attached hydrogen (secondary N) is 1. The van der Waals surface area contributed by atoms with Gasteiger partial charge in [0.25, 0.3) is 0 Å². The molecule has 0 radical (unpaired) electrons. The minimum atomic E-state index is -0.392. The number of methoxy groups -OCH3 is 1. The Morgan fingerprint density at radius 2 is 2.08 bits per heavy atom. The van der Waals surface area contributed by atoms with Crippen molar-refractivity contribution in [3.63, 3.8) is 0 Å². The van der Waals surface area contributed by atoms with Gasteiger partial charge in [-0.1, -0.05) is 30.3 Å². The van der Waals surface area contributed by atoms with Crippen LogP contribution in [0.2, 0.25) is 0 Å². The van der Waals surface area contributed by atoms with Crippen molar-refractivity contribution in [2.75, 3.05) is 18.3 Å². The van der Waals surface area contributed by atoms with Gasteiger partial charge in [-0.2, -0.15) is 0 Å². The van der Waals surface area contributed by atoms with E-state index in [0.717, 1.165) is 29.7 Å².